The number of carbonyl (C=O) groups excluding carboxylic acids is 1. The maximum atomic E-state index is 12.2. The first kappa shape index (κ1) is 16.1. The van der Waals surface area contributed by atoms with E-state index in [9.17, 15) is 4.79 Å². The molecule has 3 aromatic rings. The van der Waals surface area contributed by atoms with Gasteiger partial charge in [-0.05, 0) is 43.3 Å². The Hall–Kier alpha value is -2.79. The lowest BCUT2D eigenvalue weighted by Crippen LogP contribution is -2.30. The number of hydrogen-bond acceptors (Lipinski definition) is 3. The number of nitrogens with zero attached hydrogens (tertiary/aromatic N) is 2. The molecule has 0 spiro atoms. The van der Waals surface area contributed by atoms with E-state index in [0.717, 1.165) is 5.69 Å². The third-order valence-corrected chi connectivity index (χ3v) is 3.61. The molecule has 2 aromatic carbocycles. The first-order valence-corrected chi connectivity index (χ1v) is 7.84. The smallest absolute Gasteiger partial charge is 0.266 e. The third kappa shape index (κ3) is 3.94. The Morgan fingerprint density at radius 2 is 1.83 bits per heavy atom. The summed E-state index contributed by atoms with van der Waals surface area (Å²) in [5, 5.41) is 7.69. The van der Waals surface area contributed by atoms with E-state index in [0.29, 0.717) is 16.6 Å². The zero-order chi connectivity index (χ0) is 16.9. The van der Waals surface area contributed by atoms with Gasteiger partial charge in [0, 0.05) is 17.3 Å². The molecule has 1 heterocycles. The van der Waals surface area contributed by atoms with Gasteiger partial charge in [0.05, 0.1) is 5.69 Å². The zero-order valence-electron chi connectivity index (χ0n) is 13.0. The van der Waals surface area contributed by atoms with Gasteiger partial charge in [-0.1, -0.05) is 29.8 Å². The molecule has 1 amide bonds. The number of amides is 1. The van der Waals surface area contributed by atoms with Gasteiger partial charge in [-0.3, -0.25) is 4.79 Å². The molecule has 1 unspecified atom stereocenters. The Labute approximate surface area is 144 Å². The summed E-state index contributed by atoms with van der Waals surface area (Å²) < 4.78 is 7.28. The molecule has 1 atom stereocenters. The molecule has 0 aliphatic rings. The quantitative estimate of drug-likeness (QED) is 0.765. The summed E-state index contributed by atoms with van der Waals surface area (Å²) in [6.07, 6.45) is 1.13. The van der Waals surface area contributed by atoms with Crippen LogP contribution in [0.25, 0.3) is 5.69 Å². The van der Waals surface area contributed by atoms with Crippen LogP contribution in [-0.4, -0.2) is 21.8 Å². The van der Waals surface area contributed by atoms with Crippen molar-refractivity contribution >= 4 is 23.3 Å². The summed E-state index contributed by atoms with van der Waals surface area (Å²) in [4.78, 5) is 12.2. The minimum atomic E-state index is -0.659. The molecule has 3 rings (SSSR count). The second-order valence-corrected chi connectivity index (χ2v) is 5.62. The molecule has 122 valence electrons. The number of rotatable bonds is 5. The SMILES string of the molecule is CC(Oc1ccc(Cl)cc1)C(=O)Nc1ccn(-c2ccccc2)n1. The van der Waals surface area contributed by atoms with Crippen molar-refractivity contribution in [3.8, 4) is 11.4 Å². The minimum Gasteiger partial charge on any atom is -0.481 e. The lowest BCUT2D eigenvalue weighted by molar-refractivity contribution is -0.122. The lowest BCUT2D eigenvalue weighted by atomic mass is 10.3. The third-order valence-electron chi connectivity index (χ3n) is 3.36. The van der Waals surface area contributed by atoms with Gasteiger partial charge in [0.25, 0.3) is 5.91 Å². The van der Waals surface area contributed by atoms with Gasteiger partial charge in [0.2, 0.25) is 0 Å². The highest BCUT2D eigenvalue weighted by molar-refractivity contribution is 6.30. The Bertz CT molecular complexity index is 816. The van der Waals surface area contributed by atoms with Crippen molar-refractivity contribution in [2.75, 3.05) is 5.32 Å². The van der Waals surface area contributed by atoms with Crippen LogP contribution < -0.4 is 10.1 Å². The van der Waals surface area contributed by atoms with Crippen LogP contribution >= 0.6 is 11.6 Å². The second kappa shape index (κ2) is 7.19. The molecule has 24 heavy (non-hydrogen) atoms. The predicted octanol–water partition coefficient (Wildman–Crippen LogP) is 3.93. The molecule has 5 nitrogen and oxygen atoms in total. The number of hydrogen-bond donors (Lipinski definition) is 1. The lowest BCUT2D eigenvalue weighted by Gasteiger charge is -2.13. The van der Waals surface area contributed by atoms with E-state index in [1.807, 2.05) is 30.3 Å². The molecule has 1 aromatic heterocycles. The molecule has 0 aliphatic carbocycles. The van der Waals surface area contributed by atoms with E-state index in [4.69, 9.17) is 16.3 Å². The van der Waals surface area contributed by atoms with Crippen molar-refractivity contribution in [2.45, 2.75) is 13.0 Å². The zero-order valence-corrected chi connectivity index (χ0v) is 13.8. The van der Waals surface area contributed by atoms with Crippen molar-refractivity contribution in [1.82, 2.24) is 9.78 Å². The van der Waals surface area contributed by atoms with Crippen LogP contribution in [0.5, 0.6) is 5.75 Å². The summed E-state index contributed by atoms with van der Waals surface area (Å²) in [6.45, 7) is 1.68. The number of halogens is 1. The van der Waals surface area contributed by atoms with E-state index in [2.05, 4.69) is 10.4 Å². The number of para-hydroxylation sites is 1. The van der Waals surface area contributed by atoms with Crippen LogP contribution in [0.1, 0.15) is 6.92 Å². The molecule has 6 heteroatoms. The van der Waals surface area contributed by atoms with Crippen LogP contribution in [0.4, 0.5) is 5.82 Å². The summed E-state index contributed by atoms with van der Waals surface area (Å²) in [6, 6.07) is 18.3. The van der Waals surface area contributed by atoms with Crippen LogP contribution in [0.3, 0.4) is 0 Å². The fourth-order valence-corrected chi connectivity index (χ4v) is 2.24. The molecule has 0 saturated carbocycles. The number of anilines is 1. The molecular formula is C18H16ClN3O2. The van der Waals surface area contributed by atoms with Gasteiger partial charge in [0.1, 0.15) is 5.75 Å². The van der Waals surface area contributed by atoms with E-state index in [-0.39, 0.29) is 5.91 Å². The van der Waals surface area contributed by atoms with Gasteiger partial charge in [-0.15, -0.1) is 0 Å². The van der Waals surface area contributed by atoms with Crippen LogP contribution in [0.2, 0.25) is 5.02 Å². The largest absolute Gasteiger partial charge is 0.481 e. The van der Waals surface area contributed by atoms with Gasteiger partial charge in [0.15, 0.2) is 11.9 Å². The monoisotopic (exact) mass is 341 g/mol. The summed E-state index contributed by atoms with van der Waals surface area (Å²) >= 11 is 5.83. The van der Waals surface area contributed by atoms with Gasteiger partial charge in [-0.2, -0.15) is 5.10 Å². The number of aromatic nitrogens is 2. The van der Waals surface area contributed by atoms with E-state index >= 15 is 0 Å². The van der Waals surface area contributed by atoms with Crippen molar-refractivity contribution in [2.24, 2.45) is 0 Å². The van der Waals surface area contributed by atoms with Crippen molar-refractivity contribution in [1.29, 1.82) is 0 Å². The summed E-state index contributed by atoms with van der Waals surface area (Å²) in [5.74, 6) is 0.774. The fourth-order valence-electron chi connectivity index (χ4n) is 2.11. The summed E-state index contributed by atoms with van der Waals surface area (Å²) in [7, 11) is 0. The highest BCUT2D eigenvalue weighted by Gasteiger charge is 2.16. The maximum Gasteiger partial charge on any atom is 0.266 e. The average Bonchev–Trinajstić information content (AvgIpc) is 3.06. The molecule has 0 radical (unpaired) electrons. The number of ether oxygens (including phenoxy) is 1. The molecule has 0 bridgehead atoms. The Kier molecular flexibility index (Phi) is 4.82. The van der Waals surface area contributed by atoms with Gasteiger partial charge in [-0.25, -0.2) is 4.68 Å². The molecule has 0 fully saturated rings. The number of nitrogens with one attached hydrogen (secondary N) is 1. The standard InChI is InChI=1S/C18H16ClN3O2/c1-13(24-16-9-7-14(19)8-10-16)18(23)20-17-11-12-22(21-17)15-5-3-2-4-6-15/h2-13H,1H3,(H,20,21,23). The van der Waals surface area contributed by atoms with Crippen molar-refractivity contribution < 1.29 is 9.53 Å². The number of carbonyl (C=O) groups is 1. The van der Waals surface area contributed by atoms with Crippen LogP contribution in [-0.2, 0) is 4.79 Å². The predicted molar refractivity (Wildman–Crippen MR) is 93.7 cm³/mol. The average molecular weight is 342 g/mol. The first-order valence-electron chi connectivity index (χ1n) is 7.46. The van der Waals surface area contributed by atoms with Crippen LogP contribution in [0, 0.1) is 0 Å². The number of benzene rings is 2. The van der Waals surface area contributed by atoms with Crippen molar-refractivity contribution in [3.63, 3.8) is 0 Å². The molecule has 0 saturated heterocycles. The second-order valence-electron chi connectivity index (χ2n) is 5.18. The van der Waals surface area contributed by atoms with Gasteiger partial charge < -0.3 is 10.1 Å². The Morgan fingerprint density at radius 3 is 2.54 bits per heavy atom. The van der Waals surface area contributed by atoms with E-state index in [1.165, 1.54) is 0 Å². The van der Waals surface area contributed by atoms with Crippen molar-refractivity contribution in [3.05, 3.63) is 71.9 Å². The minimum absolute atomic E-state index is 0.275. The highest BCUT2D eigenvalue weighted by Crippen LogP contribution is 2.17. The molecule has 0 aliphatic heterocycles. The van der Waals surface area contributed by atoms with E-state index in [1.54, 1.807) is 48.1 Å². The fraction of sp³-hybridized carbons (Fsp3) is 0.111. The Morgan fingerprint density at radius 1 is 1.12 bits per heavy atom. The molecular weight excluding hydrogens is 326 g/mol. The summed E-state index contributed by atoms with van der Waals surface area (Å²) in [5.41, 5.74) is 0.920. The topological polar surface area (TPSA) is 56.1 Å². The van der Waals surface area contributed by atoms with Crippen LogP contribution in [0.15, 0.2) is 66.9 Å². The normalized spacial score (nSPS) is 11.8. The Balaban J connectivity index is 1.62. The van der Waals surface area contributed by atoms with E-state index < -0.39 is 6.10 Å². The maximum absolute atomic E-state index is 12.2. The highest BCUT2D eigenvalue weighted by atomic mass is 35.5. The van der Waals surface area contributed by atoms with Gasteiger partial charge >= 0.3 is 0 Å². The molecule has 1 N–H and O–H groups in total. The first-order chi connectivity index (χ1) is 11.6.